The number of nitrogens with one attached hydrogen (secondary N) is 1. The molecule has 1 fully saturated rings. The highest BCUT2D eigenvalue weighted by Crippen LogP contribution is 2.39. The van der Waals surface area contributed by atoms with E-state index in [1.54, 1.807) is 0 Å². The summed E-state index contributed by atoms with van der Waals surface area (Å²) in [7, 11) is 0. The number of benzene rings is 1. The summed E-state index contributed by atoms with van der Waals surface area (Å²) in [4.78, 5) is 0. The summed E-state index contributed by atoms with van der Waals surface area (Å²) < 4.78 is 11.1. The van der Waals surface area contributed by atoms with Crippen LogP contribution in [0.1, 0.15) is 19.8 Å². The highest BCUT2D eigenvalue weighted by Gasteiger charge is 2.27. The quantitative estimate of drug-likeness (QED) is 0.804. The van der Waals surface area contributed by atoms with Crippen molar-refractivity contribution in [3.63, 3.8) is 0 Å². The second-order valence-corrected chi connectivity index (χ2v) is 5.28. The second kappa shape index (κ2) is 4.59. The predicted molar refractivity (Wildman–Crippen MR) is 72.2 cm³/mol. The third-order valence-electron chi connectivity index (χ3n) is 3.76. The van der Waals surface area contributed by atoms with Gasteiger partial charge in [0, 0.05) is 18.7 Å². The van der Waals surface area contributed by atoms with Crippen LogP contribution in [-0.2, 0) is 0 Å². The van der Waals surface area contributed by atoms with Crippen molar-refractivity contribution in [1.82, 2.24) is 0 Å². The van der Waals surface area contributed by atoms with Crippen LogP contribution in [0.25, 0.3) is 0 Å². The zero-order valence-electron chi connectivity index (χ0n) is 10.7. The van der Waals surface area contributed by atoms with Gasteiger partial charge in [0.25, 0.3) is 0 Å². The van der Waals surface area contributed by atoms with Crippen molar-refractivity contribution in [3.05, 3.63) is 12.1 Å². The molecule has 3 rings (SSSR count). The fourth-order valence-electron chi connectivity index (χ4n) is 2.36. The van der Waals surface area contributed by atoms with Crippen molar-refractivity contribution in [2.75, 3.05) is 30.8 Å². The average molecular weight is 248 g/mol. The molecule has 1 aromatic carbocycles. The molecule has 4 heteroatoms. The molecule has 3 N–H and O–H groups in total. The Morgan fingerprint density at radius 1 is 1.28 bits per heavy atom. The zero-order chi connectivity index (χ0) is 12.5. The smallest absolute Gasteiger partial charge is 0.163 e. The SMILES string of the molecule is CC(CNc1cc2c(cc1N)OCCO2)C1CC1. The number of hydrogen-bond donors (Lipinski definition) is 2. The van der Waals surface area contributed by atoms with E-state index in [9.17, 15) is 0 Å². The van der Waals surface area contributed by atoms with Crippen molar-refractivity contribution >= 4 is 11.4 Å². The predicted octanol–water partition coefficient (Wildman–Crippen LogP) is 2.50. The number of rotatable bonds is 4. The van der Waals surface area contributed by atoms with Crippen LogP contribution in [0.3, 0.4) is 0 Å². The summed E-state index contributed by atoms with van der Waals surface area (Å²) in [6, 6.07) is 3.79. The Hall–Kier alpha value is -1.58. The lowest BCUT2D eigenvalue weighted by Crippen LogP contribution is -2.17. The van der Waals surface area contributed by atoms with Gasteiger partial charge in [-0.15, -0.1) is 0 Å². The van der Waals surface area contributed by atoms with Crippen molar-refractivity contribution < 1.29 is 9.47 Å². The van der Waals surface area contributed by atoms with Gasteiger partial charge in [-0.3, -0.25) is 0 Å². The maximum absolute atomic E-state index is 6.02. The fourth-order valence-corrected chi connectivity index (χ4v) is 2.36. The molecule has 1 aromatic rings. The van der Waals surface area contributed by atoms with Crippen molar-refractivity contribution in [2.24, 2.45) is 11.8 Å². The van der Waals surface area contributed by atoms with Crippen LogP contribution < -0.4 is 20.5 Å². The molecule has 1 saturated carbocycles. The van der Waals surface area contributed by atoms with Crippen molar-refractivity contribution in [2.45, 2.75) is 19.8 Å². The molecule has 0 amide bonds. The highest BCUT2D eigenvalue weighted by molar-refractivity contribution is 5.72. The van der Waals surface area contributed by atoms with Gasteiger partial charge in [-0.05, 0) is 24.7 Å². The minimum atomic E-state index is 0.595. The van der Waals surface area contributed by atoms with Crippen LogP contribution in [0.4, 0.5) is 11.4 Å². The Balaban J connectivity index is 1.70. The molecule has 0 radical (unpaired) electrons. The molecule has 1 aliphatic heterocycles. The molecular formula is C14H20N2O2. The van der Waals surface area contributed by atoms with Gasteiger partial charge in [-0.1, -0.05) is 6.92 Å². The van der Waals surface area contributed by atoms with Gasteiger partial charge in [0.05, 0.1) is 11.4 Å². The van der Waals surface area contributed by atoms with E-state index in [0.717, 1.165) is 35.3 Å². The summed E-state index contributed by atoms with van der Waals surface area (Å²) in [5, 5.41) is 3.42. The zero-order valence-corrected chi connectivity index (χ0v) is 10.7. The van der Waals surface area contributed by atoms with Gasteiger partial charge in [-0.25, -0.2) is 0 Å². The average Bonchev–Trinajstić information content (AvgIpc) is 3.20. The first-order chi connectivity index (χ1) is 8.74. The molecule has 4 nitrogen and oxygen atoms in total. The summed E-state index contributed by atoms with van der Waals surface area (Å²) in [5.41, 5.74) is 7.70. The van der Waals surface area contributed by atoms with E-state index in [-0.39, 0.29) is 0 Å². The standard InChI is InChI=1S/C14H20N2O2/c1-9(10-2-3-10)8-16-12-7-14-13(6-11(12)15)17-4-5-18-14/h6-7,9-10,16H,2-5,8,15H2,1H3. The molecule has 2 aliphatic rings. The molecule has 1 aliphatic carbocycles. The van der Waals surface area contributed by atoms with E-state index in [4.69, 9.17) is 15.2 Å². The van der Waals surface area contributed by atoms with E-state index in [2.05, 4.69) is 12.2 Å². The van der Waals surface area contributed by atoms with Crippen LogP contribution in [0.5, 0.6) is 11.5 Å². The first kappa shape index (κ1) is 11.5. The Morgan fingerprint density at radius 3 is 2.61 bits per heavy atom. The summed E-state index contributed by atoms with van der Waals surface area (Å²) in [6.07, 6.45) is 2.75. The van der Waals surface area contributed by atoms with Crippen LogP contribution in [0.15, 0.2) is 12.1 Å². The fraction of sp³-hybridized carbons (Fsp3) is 0.571. The summed E-state index contributed by atoms with van der Waals surface area (Å²) in [5.74, 6) is 3.14. The Labute approximate surface area is 107 Å². The maximum Gasteiger partial charge on any atom is 0.163 e. The minimum absolute atomic E-state index is 0.595. The Bertz CT molecular complexity index is 444. The first-order valence-electron chi connectivity index (χ1n) is 6.67. The Kier molecular flexibility index (Phi) is 2.94. The maximum atomic E-state index is 6.02. The monoisotopic (exact) mass is 248 g/mol. The Morgan fingerprint density at radius 2 is 1.94 bits per heavy atom. The first-order valence-corrected chi connectivity index (χ1v) is 6.67. The molecule has 1 heterocycles. The molecule has 1 atom stereocenters. The van der Waals surface area contributed by atoms with Crippen LogP contribution in [-0.4, -0.2) is 19.8 Å². The van der Waals surface area contributed by atoms with E-state index in [1.165, 1.54) is 12.8 Å². The largest absolute Gasteiger partial charge is 0.486 e. The molecule has 0 spiro atoms. The van der Waals surface area contributed by atoms with Crippen LogP contribution >= 0.6 is 0 Å². The number of anilines is 2. The molecule has 0 saturated heterocycles. The lowest BCUT2D eigenvalue weighted by molar-refractivity contribution is 0.172. The van der Waals surface area contributed by atoms with Crippen molar-refractivity contribution in [3.8, 4) is 11.5 Å². The number of nitrogen functional groups attached to an aromatic ring is 1. The third-order valence-corrected chi connectivity index (χ3v) is 3.76. The van der Waals surface area contributed by atoms with Crippen molar-refractivity contribution in [1.29, 1.82) is 0 Å². The van der Waals surface area contributed by atoms with E-state index >= 15 is 0 Å². The number of ether oxygens (including phenoxy) is 2. The number of fused-ring (bicyclic) bond motifs is 1. The van der Waals surface area contributed by atoms with Crippen LogP contribution in [0.2, 0.25) is 0 Å². The van der Waals surface area contributed by atoms with Crippen LogP contribution in [0, 0.1) is 11.8 Å². The molecule has 18 heavy (non-hydrogen) atoms. The van der Waals surface area contributed by atoms with Gasteiger partial charge < -0.3 is 20.5 Å². The number of hydrogen-bond acceptors (Lipinski definition) is 4. The van der Waals surface area contributed by atoms with Gasteiger partial charge in [0.15, 0.2) is 11.5 Å². The van der Waals surface area contributed by atoms with E-state index < -0.39 is 0 Å². The van der Waals surface area contributed by atoms with E-state index in [0.29, 0.717) is 19.1 Å². The topological polar surface area (TPSA) is 56.5 Å². The summed E-state index contributed by atoms with van der Waals surface area (Å²) >= 11 is 0. The van der Waals surface area contributed by atoms with Gasteiger partial charge in [0.1, 0.15) is 13.2 Å². The third kappa shape index (κ3) is 2.33. The highest BCUT2D eigenvalue weighted by atomic mass is 16.6. The van der Waals surface area contributed by atoms with E-state index in [1.807, 2.05) is 12.1 Å². The van der Waals surface area contributed by atoms with Gasteiger partial charge in [0.2, 0.25) is 0 Å². The van der Waals surface area contributed by atoms with Gasteiger partial charge in [-0.2, -0.15) is 0 Å². The normalized spacial score (nSPS) is 19.4. The molecule has 0 aromatic heterocycles. The summed E-state index contributed by atoms with van der Waals surface area (Å²) in [6.45, 7) is 4.46. The lowest BCUT2D eigenvalue weighted by atomic mass is 10.1. The minimum Gasteiger partial charge on any atom is -0.486 e. The molecule has 1 unspecified atom stereocenters. The molecule has 0 bridgehead atoms. The molecular weight excluding hydrogens is 228 g/mol. The second-order valence-electron chi connectivity index (χ2n) is 5.28. The van der Waals surface area contributed by atoms with Gasteiger partial charge >= 0.3 is 0 Å². The lowest BCUT2D eigenvalue weighted by Gasteiger charge is -2.21. The molecule has 98 valence electrons. The number of nitrogens with two attached hydrogens (primary N) is 1.